The van der Waals surface area contributed by atoms with Crippen LogP contribution >= 0.6 is 0 Å². The van der Waals surface area contributed by atoms with Crippen molar-refractivity contribution >= 4 is 0 Å². The summed E-state index contributed by atoms with van der Waals surface area (Å²) in [7, 11) is 1.86. The van der Waals surface area contributed by atoms with Crippen LogP contribution in [-0.2, 0) is 19.8 Å². The lowest BCUT2D eigenvalue weighted by Gasteiger charge is -2.16. The number of rotatable bonds is 4. The zero-order chi connectivity index (χ0) is 15.6. The average Bonchev–Trinajstić information content (AvgIpc) is 2.75. The Morgan fingerprint density at radius 1 is 1.33 bits per heavy atom. The largest absolute Gasteiger partial charge is 0.416 e. The second-order valence-electron chi connectivity index (χ2n) is 5.10. The van der Waals surface area contributed by atoms with Crippen molar-refractivity contribution in [3.63, 3.8) is 0 Å². The van der Waals surface area contributed by atoms with E-state index >= 15 is 0 Å². The third kappa shape index (κ3) is 3.64. The summed E-state index contributed by atoms with van der Waals surface area (Å²) in [5.74, 6) is 0. The Morgan fingerprint density at radius 2 is 2.05 bits per heavy atom. The maximum atomic E-state index is 12.7. The van der Waals surface area contributed by atoms with E-state index < -0.39 is 11.7 Å². The van der Waals surface area contributed by atoms with Gasteiger partial charge in [0.15, 0.2) is 0 Å². The molecule has 114 valence electrons. The average molecular weight is 297 g/mol. The number of hydrogen-bond acceptors (Lipinski definition) is 2. The molecule has 1 heterocycles. The topological polar surface area (TPSA) is 29.9 Å². The molecule has 21 heavy (non-hydrogen) atoms. The number of benzene rings is 1. The molecule has 2 rings (SSSR count). The minimum absolute atomic E-state index is 0.174. The van der Waals surface area contributed by atoms with E-state index in [1.54, 1.807) is 16.9 Å². The molecule has 0 aliphatic heterocycles. The van der Waals surface area contributed by atoms with Gasteiger partial charge in [-0.3, -0.25) is 4.68 Å². The van der Waals surface area contributed by atoms with E-state index in [9.17, 15) is 13.2 Å². The molecule has 0 spiro atoms. The Hall–Kier alpha value is -1.82. The Kier molecular flexibility index (Phi) is 4.37. The third-order valence-electron chi connectivity index (χ3n) is 3.65. The van der Waals surface area contributed by atoms with Crippen LogP contribution in [0.3, 0.4) is 0 Å². The van der Waals surface area contributed by atoms with Crippen molar-refractivity contribution < 1.29 is 13.2 Å². The van der Waals surface area contributed by atoms with Crippen molar-refractivity contribution in [2.45, 2.75) is 32.6 Å². The summed E-state index contributed by atoms with van der Waals surface area (Å²) in [6.45, 7) is 4.37. The molecular formula is C15H18F3N3. The van der Waals surface area contributed by atoms with Gasteiger partial charge in [0.2, 0.25) is 0 Å². The molecule has 1 atom stereocenters. The molecule has 2 aromatic rings. The van der Waals surface area contributed by atoms with Crippen LogP contribution in [0.2, 0.25) is 0 Å². The van der Waals surface area contributed by atoms with E-state index in [2.05, 4.69) is 10.4 Å². The SMILES string of the molecule is Cc1c(CNC(C)c2cccc(C(F)(F)F)c2)cnn1C. The molecule has 1 aromatic carbocycles. The molecule has 1 unspecified atom stereocenters. The van der Waals surface area contributed by atoms with Crippen LogP contribution in [0.25, 0.3) is 0 Å². The van der Waals surface area contributed by atoms with Gasteiger partial charge in [0.05, 0.1) is 11.8 Å². The molecule has 3 nitrogen and oxygen atoms in total. The monoisotopic (exact) mass is 297 g/mol. The summed E-state index contributed by atoms with van der Waals surface area (Å²) in [6, 6.07) is 5.23. The van der Waals surface area contributed by atoms with Gasteiger partial charge >= 0.3 is 6.18 Å². The molecular weight excluding hydrogens is 279 g/mol. The molecule has 0 aliphatic carbocycles. The highest BCUT2D eigenvalue weighted by Gasteiger charge is 2.30. The van der Waals surface area contributed by atoms with Gasteiger partial charge in [-0.1, -0.05) is 12.1 Å². The van der Waals surface area contributed by atoms with Crippen LogP contribution in [0.15, 0.2) is 30.5 Å². The van der Waals surface area contributed by atoms with E-state index in [1.807, 2.05) is 20.9 Å². The van der Waals surface area contributed by atoms with Crippen molar-refractivity contribution in [2.75, 3.05) is 0 Å². The molecule has 0 saturated carbocycles. The maximum absolute atomic E-state index is 12.7. The first-order valence-corrected chi connectivity index (χ1v) is 6.67. The van der Waals surface area contributed by atoms with Crippen molar-refractivity contribution in [3.05, 3.63) is 52.8 Å². The first-order valence-electron chi connectivity index (χ1n) is 6.67. The van der Waals surface area contributed by atoms with Crippen molar-refractivity contribution in [3.8, 4) is 0 Å². The number of aromatic nitrogens is 2. The third-order valence-corrected chi connectivity index (χ3v) is 3.65. The quantitative estimate of drug-likeness (QED) is 0.934. The van der Waals surface area contributed by atoms with Crippen molar-refractivity contribution in [1.29, 1.82) is 0 Å². The maximum Gasteiger partial charge on any atom is 0.416 e. The number of alkyl halides is 3. The molecule has 0 aliphatic rings. The number of nitrogens with one attached hydrogen (secondary N) is 1. The number of nitrogens with zero attached hydrogens (tertiary/aromatic N) is 2. The summed E-state index contributed by atoms with van der Waals surface area (Å²) in [5.41, 5.74) is 2.08. The highest BCUT2D eigenvalue weighted by atomic mass is 19.4. The number of halogens is 3. The predicted octanol–water partition coefficient (Wildman–Crippen LogP) is 3.60. The fourth-order valence-corrected chi connectivity index (χ4v) is 2.08. The summed E-state index contributed by atoms with van der Waals surface area (Å²) >= 11 is 0. The molecule has 1 aromatic heterocycles. The summed E-state index contributed by atoms with van der Waals surface area (Å²) in [5, 5.41) is 7.37. The summed E-state index contributed by atoms with van der Waals surface area (Å²) in [4.78, 5) is 0. The summed E-state index contributed by atoms with van der Waals surface area (Å²) in [6.07, 6.45) is -2.54. The molecule has 0 saturated heterocycles. The highest BCUT2D eigenvalue weighted by Crippen LogP contribution is 2.30. The van der Waals surface area contributed by atoms with Gasteiger partial charge in [-0.25, -0.2) is 0 Å². The number of aryl methyl sites for hydroxylation is 1. The van der Waals surface area contributed by atoms with Gasteiger partial charge in [-0.15, -0.1) is 0 Å². The standard InChI is InChI=1S/C15H18F3N3/c1-10(19-8-13-9-20-21(3)11(13)2)12-5-4-6-14(7-12)15(16,17)18/h4-7,9-10,19H,8H2,1-3H3. The van der Waals surface area contributed by atoms with Crippen LogP contribution in [-0.4, -0.2) is 9.78 Å². The van der Waals surface area contributed by atoms with E-state index in [0.29, 0.717) is 12.1 Å². The molecule has 1 N–H and O–H groups in total. The fraction of sp³-hybridized carbons (Fsp3) is 0.400. The van der Waals surface area contributed by atoms with Gasteiger partial charge < -0.3 is 5.32 Å². The minimum Gasteiger partial charge on any atom is -0.306 e. The van der Waals surface area contributed by atoms with E-state index in [0.717, 1.165) is 17.3 Å². The second kappa shape index (κ2) is 5.89. The van der Waals surface area contributed by atoms with Crippen molar-refractivity contribution in [1.82, 2.24) is 15.1 Å². The Balaban J connectivity index is 2.07. The van der Waals surface area contributed by atoms with Crippen LogP contribution in [0.5, 0.6) is 0 Å². The van der Waals surface area contributed by atoms with Gasteiger partial charge in [-0.2, -0.15) is 18.3 Å². The smallest absolute Gasteiger partial charge is 0.306 e. The first-order chi connectivity index (χ1) is 9.79. The second-order valence-corrected chi connectivity index (χ2v) is 5.10. The Labute approximate surface area is 121 Å². The zero-order valence-electron chi connectivity index (χ0n) is 12.2. The van der Waals surface area contributed by atoms with Gasteiger partial charge in [-0.05, 0) is 31.5 Å². The lowest BCUT2D eigenvalue weighted by Crippen LogP contribution is -2.19. The zero-order valence-corrected chi connectivity index (χ0v) is 12.2. The molecule has 6 heteroatoms. The highest BCUT2D eigenvalue weighted by molar-refractivity contribution is 5.28. The van der Waals surface area contributed by atoms with Crippen molar-refractivity contribution in [2.24, 2.45) is 7.05 Å². The first kappa shape index (κ1) is 15.6. The van der Waals surface area contributed by atoms with Gasteiger partial charge in [0, 0.05) is 30.9 Å². The van der Waals surface area contributed by atoms with E-state index in [-0.39, 0.29) is 6.04 Å². The molecule has 0 bridgehead atoms. The van der Waals surface area contributed by atoms with Crippen LogP contribution in [0.4, 0.5) is 13.2 Å². The molecule has 0 radical (unpaired) electrons. The Bertz CT molecular complexity index is 617. The lowest BCUT2D eigenvalue weighted by atomic mass is 10.0. The molecule has 0 amide bonds. The summed E-state index contributed by atoms with van der Waals surface area (Å²) < 4.78 is 39.9. The number of hydrogen-bond donors (Lipinski definition) is 1. The lowest BCUT2D eigenvalue weighted by molar-refractivity contribution is -0.137. The normalized spacial score (nSPS) is 13.4. The Morgan fingerprint density at radius 3 is 2.62 bits per heavy atom. The van der Waals surface area contributed by atoms with E-state index in [4.69, 9.17) is 0 Å². The minimum atomic E-state index is -4.31. The predicted molar refractivity (Wildman–Crippen MR) is 74.6 cm³/mol. The molecule has 0 fully saturated rings. The van der Waals surface area contributed by atoms with Gasteiger partial charge in [0.1, 0.15) is 0 Å². The van der Waals surface area contributed by atoms with Crippen LogP contribution < -0.4 is 5.32 Å². The van der Waals surface area contributed by atoms with E-state index in [1.165, 1.54) is 12.1 Å². The van der Waals surface area contributed by atoms with Crippen LogP contribution in [0.1, 0.15) is 35.3 Å². The fourth-order valence-electron chi connectivity index (χ4n) is 2.08. The van der Waals surface area contributed by atoms with Crippen LogP contribution in [0, 0.1) is 6.92 Å². The van der Waals surface area contributed by atoms with Gasteiger partial charge in [0.25, 0.3) is 0 Å².